The second kappa shape index (κ2) is 4.61. The molecule has 0 saturated carbocycles. The minimum atomic E-state index is -0.165. The second-order valence-electron chi connectivity index (χ2n) is 4.49. The Morgan fingerprint density at radius 1 is 1.37 bits per heavy atom. The summed E-state index contributed by atoms with van der Waals surface area (Å²) in [5.74, 6) is -0.165. The number of aryl methyl sites for hydroxylation is 1. The van der Waals surface area contributed by atoms with Crippen molar-refractivity contribution >= 4 is 16.8 Å². The number of nitrogens with one attached hydrogen (secondary N) is 2. The Labute approximate surface area is 110 Å². The average Bonchev–Trinajstić information content (AvgIpc) is 3.02. The number of para-hydroxylation sites is 1. The van der Waals surface area contributed by atoms with Gasteiger partial charge in [0, 0.05) is 31.4 Å². The smallest absolute Gasteiger partial charge is 0.272 e. The molecule has 0 unspecified atom stereocenters. The molecule has 1 amide bonds. The topological polar surface area (TPSA) is 62.7 Å². The van der Waals surface area contributed by atoms with Gasteiger partial charge in [-0.1, -0.05) is 18.2 Å². The van der Waals surface area contributed by atoms with Crippen molar-refractivity contribution in [3.8, 4) is 0 Å². The number of hydrogen-bond donors (Lipinski definition) is 2. The van der Waals surface area contributed by atoms with Gasteiger partial charge in [0.2, 0.25) is 0 Å². The van der Waals surface area contributed by atoms with Crippen LogP contribution in [0.3, 0.4) is 0 Å². The third-order valence-corrected chi connectivity index (χ3v) is 3.03. The number of aromatic amines is 1. The van der Waals surface area contributed by atoms with Gasteiger partial charge >= 0.3 is 0 Å². The van der Waals surface area contributed by atoms with Crippen molar-refractivity contribution in [2.45, 2.75) is 6.54 Å². The van der Waals surface area contributed by atoms with Crippen LogP contribution in [0.15, 0.2) is 42.7 Å². The maximum Gasteiger partial charge on any atom is 0.272 e. The van der Waals surface area contributed by atoms with Crippen LogP contribution in [0.2, 0.25) is 0 Å². The number of benzene rings is 1. The highest BCUT2D eigenvalue weighted by atomic mass is 16.1. The number of nitrogens with zero attached hydrogens (tertiary/aromatic N) is 2. The number of carbonyl (C=O) groups excluding carboxylic acids is 1. The molecule has 19 heavy (non-hydrogen) atoms. The molecule has 3 aromatic rings. The molecule has 5 nitrogen and oxygen atoms in total. The van der Waals surface area contributed by atoms with E-state index in [2.05, 4.69) is 15.5 Å². The summed E-state index contributed by atoms with van der Waals surface area (Å²) in [6, 6.07) is 9.56. The van der Waals surface area contributed by atoms with E-state index in [-0.39, 0.29) is 5.91 Å². The standard InChI is InChI=1S/C14H14N4O/c1-18-7-6-10(9-18)8-15-14(19)13-11-4-2-3-5-12(11)16-17-13/h2-7,9H,8H2,1H3,(H,15,19)(H,16,17). The van der Waals surface area contributed by atoms with Crippen molar-refractivity contribution in [2.24, 2.45) is 7.05 Å². The third kappa shape index (κ3) is 2.22. The maximum atomic E-state index is 12.1. The first-order valence-electron chi connectivity index (χ1n) is 6.06. The minimum absolute atomic E-state index is 0.165. The molecular weight excluding hydrogens is 240 g/mol. The monoisotopic (exact) mass is 254 g/mol. The van der Waals surface area contributed by atoms with Crippen molar-refractivity contribution in [1.29, 1.82) is 0 Å². The lowest BCUT2D eigenvalue weighted by atomic mass is 10.2. The minimum Gasteiger partial charge on any atom is -0.357 e. The van der Waals surface area contributed by atoms with Gasteiger partial charge in [-0.3, -0.25) is 9.89 Å². The van der Waals surface area contributed by atoms with Gasteiger partial charge in [0.05, 0.1) is 5.52 Å². The SMILES string of the molecule is Cn1ccc(CNC(=O)c2n[nH]c3ccccc23)c1. The van der Waals surface area contributed by atoms with Crippen LogP contribution in [0.4, 0.5) is 0 Å². The Balaban J connectivity index is 1.77. The first-order chi connectivity index (χ1) is 9.24. The van der Waals surface area contributed by atoms with Gasteiger partial charge in [-0.2, -0.15) is 5.10 Å². The number of amides is 1. The molecule has 2 N–H and O–H groups in total. The van der Waals surface area contributed by atoms with Crippen LogP contribution < -0.4 is 5.32 Å². The summed E-state index contributed by atoms with van der Waals surface area (Å²) in [5.41, 5.74) is 2.37. The van der Waals surface area contributed by atoms with E-state index in [0.29, 0.717) is 12.2 Å². The van der Waals surface area contributed by atoms with E-state index in [1.165, 1.54) is 0 Å². The Morgan fingerprint density at radius 2 is 2.21 bits per heavy atom. The fourth-order valence-electron chi connectivity index (χ4n) is 2.07. The van der Waals surface area contributed by atoms with Crippen LogP contribution in [0.5, 0.6) is 0 Å². The van der Waals surface area contributed by atoms with E-state index in [0.717, 1.165) is 16.5 Å². The Bertz CT molecular complexity index is 726. The molecule has 0 saturated heterocycles. The lowest BCUT2D eigenvalue weighted by molar-refractivity contribution is 0.0947. The molecule has 0 atom stereocenters. The van der Waals surface area contributed by atoms with Gasteiger partial charge in [-0.25, -0.2) is 0 Å². The van der Waals surface area contributed by atoms with E-state index in [1.54, 1.807) is 0 Å². The van der Waals surface area contributed by atoms with Gasteiger partial charge in [-0.15, -0.1) is 0 Å². The zero-order chi connectivity index (χ0) is 13.2. The Kier molecular flexibility index (Phi) is 2.79. The Morgan fingerprint density at radius 3 is 3.00 bits per heavy atom. The summed E-state index contributed by atoms with van der Waals surface area (Å²) in [6.45, 7) is 0.501. The molecule has 0 aliphatic rings. The van der Waals surface area contributed by atoms with Crippen LogP contribution >= 0.6 is 0 Å². The highest BCUT2D eigenvalue weighted by Gasteiger charge is 2.13. The number of hydrogen-bond acceptors (Lipinski definition) is 2. The lowest BCUT2D eigenvalue weighted by Crippen LogP contribution is -2.23. The Hall–Kier alpha value is -2.56. The number of H-pyrrole nitrogens is 1. The zero-order valence-electron chi connectivity index (χ0n) is 10.6. The zero-order valence-corrected chi connectivity index (χ0v) is 10.6. The molecule has 5 heteroatoms. The van der Waals surface area contributed by atoms with Crippen molar-refractivity contribution < 1.29 is 4.79 Å². The fraction of sp³-hybridized carbons (Fsp3) is 0.143. The van der Waals surface area contributed by atoms with Crippen LogP contribution in [0.25, 0.3) is 10.9 Å². The maximum absolute atomic E-state index is 12.1. The van der Waals surface area contributed by atoms with Crippen molar-refractivity contribution in [3.63, 3.8) is 0 Å². The molecule has 96 valence electrons. The first-order valence-corrected chi connectivity index (χ1v) is 6.06. The molecule has 0 aliphatic carbocycles. The lowest BCUT2D eigenvalue weighted by Gasteiger charge is -2.01. The molecule has 0 bridgehead atoms. The van der Waals surface area contributed by atoms with Gasteiger partial charge in [-0.05, 0) is 17.7 Å². The first kappa shape index (κ1) is 11.5. The highest BCUT2D eigenvalue weighted by Crippen LogP contribution is 2.14. The molecular formula is C14H14N4O. The van der Waals surface area contributed by atoms with Gasteiger partial charge in [0.1, 0.15) is 0 Å². The quantitative estimate of drug-likeness (QED) is 0.749. The van der Waals surface area contributed by atoms with Crippen LogP contribution in [-0.4, -0.2) is 20.7 Å². The number of rotatable bonds is 3. The average molecular weight is 254 g/mol. The summed E-state index contributed by atoms with van der Waals surface area (Å²) in [6.07, 6.45) is 3.92. The highest BCUT2D eigenvalue weighted by molar-refractivity contribution is 6.04. The number of fused-ring (bicyclic) bond motifs is 1. The molecule has 2 aromatic heterocycles. The largest absolute Gasteiger partial charge is 0.357 e. The summed E-state index contributed by atoms with van der Waals surface area (Å²) >= 11 is 0. The molecule has 2 heterocycles. The van der Waals surface area contributed by atoms with Crippen molar-refractivity contribution in [3.05, 3.63) is 54.0 Å². The van der Waals surface area contributed by atoms with E-state index < -0.39 is 0 Å². The van der Waals surface area contributed by atoms with Crippen molar-refractivity contribution in [2.75, 3.05) is 0 Å². The second-order valence-corrected chi connectivity index (χ2v) is 4.49. The van der Waals surface area contributed by atoms with Crippen LogP contribution in [0, 0.1) is 0 Å². The third-order valence-electron chi connectivity index (χ3n) is 3.03. The van der Waals surface area contributed by atoms with E-state index in [1.807, 2.05) is 54.3 Å². The summed E-state index contributed by atoms with van der Waals surface area (Å²) in [5, 5.41) is 10.6. The predicted octanol–water partition coefficient (Wildman–Crippen LogP) is 1.83. The van der Waals surface area contributed by atoms with Crippen LogP contribution in [0.1, 0.15) is 16.1 Å². The van der Waals surface area contributed by atoms with Gasteiger partial charge in [0.15, 0.2) is 5.69 Å². The summed E-state index contributed by atoms with van der Waals surface area (Å²) in [4.78, 5) is 12.1. The van der Waals surface area contributed by atoms with Gasteiger partial charge < -0.3 is 9.88 Å². The summed E-state index contributed by atoms with van der Waals surface area (Å²) in [7, 11) is 1.95. The molecule has 1 aromatic carbocycles. The molecule has 0 spiro atoms. The molecule has 0 aliphatic heterocycles. The van der Waals surface area contributed by atoms with E-state index >= 15 is 0 Å². The molecule has 0 radical (unpaired) electrons. The molecule has 3 rings (SSSR count). The normalized spacial score (nSPS) is 10.8. The van der Waals surface area contributed by atoms with E-state index in [9.17, 15) is 4.79 Å². The van der Waals surface area contributed by atoms with Crippen molar-refractivity contribution in [1.82, 2.24) is 20.1 Å². The predicted molar refractivity (Wildman–Crippen MR) is 72.7 cm³/mol. The fourth-order valence-corrected chi connectivity index (χ4v) is 2.07. The van der Waals surface area contributed by atoms with Crippen LogP contribution in [-0.2, 0) is 13.6 Å². The number of aromatic nitrogens is 3. The van der Waals surface area contributed by atoms with Gasteiger partial charge in [0.25, 0.3) is 5.91 Å². The number of carbonyl (C=O) groups is 1. The van der Waals surface area contributed by atoms with E-state index in [4.69, 9.17) is 0 Å². The summed E-state index contributed by atoms with van der Waals surface area (Å²) < 4.78 is 1.95. The molecule has 0 fully saturated rings.